The Balaban J connectivity index is 2.14. The van der Waals surface area contributed by atoms with Gasteiger partial charge in [0.1, 0.15) is 17.2 Å². The molecule has 0 spiro atoms. The molecule has 9 heteroatoms. The highest BCUT2D eigenvalue weighted by Crippen LogP contribution is 2.27. The zero-order chi connectivity index (χ0) is 13.3. The normalized spacial score (nSPS) is 11.7. The number of hydrogen-bond donors (Lipinski definition) is 1. The minimum atomic E-state index is -2.97. The van der Waals surface area contributed by atoms with Crippen molar-refractivity contribution in [2.24, 2.45) is 5.73 Å². The van der Waals surface area contributed by atoms with Gasteiger partial charge in [0.2, 0.25) is 0 Å². The van der Waals surface area contributed by atoms with E-state index in [1.165, 1.54) is 16.4 Å². The Kier molecular flexibility index (Phi) is 3.07. The molecule has 0 saturated heterocycles. The highest BCUT2D eigenvalue weighted by Gasteiger charge is 2.27. The molecular weight excluding hydrogens is 264 g/mol. The second kappa shape index (κ2) is 4.41. The van der Waals surface area contributed by atoms with Crippen molar-refractivity contribution < 1.29 is 13.6 Å². The highest BCUT2D eigenvalue weighted by molar-refractivity contribution is 7.09. The number of amides is 1. The minimum absolute atomic E-state index is 0.0209. The van der Waals surface area contributed by atoms with Crippen LogP contribution in [0.25, 0.3) is 0 Å². The van der Waals surface area contributed by atoms with Gasteiger partial charge in [-0.3, -0.25) is 4.79 Å². The Labute approximate surface area is 104 Å². The van der Waals surface area contributed by atoms with Crippen LogP contribution in [-0.4, -0.2) is 25.9 Å². The van der Waals surface area contributed by atoms with Crippen molar-refractivity contribution in [2.75, 3.05) is 0 Å². The van der Waals surface area contributed by atoms with Crippen LogP contribution in [0.15, 0.2) is 11.6 Å². The monoisotopic (exact) mass is 273 g/mol. The summed E-state index contributed by atoms with van der Waals surface area (Å²) >= 11 is 1.08. The van der Waals surface area contributed by atoms with Crippen molar-refractivity contribution in [1.82, 2.24) is 20.0 Å². The molecule has 2 aromatic heterocycles. The first-order chi connectivity index (χ1) is 8.36. The summed E-state index contributed by atoms with van der Waals surface area (Å²) in [4.78, 5) is 15.8. The maximum Gasteiger partial charge on any atom is 0.287 e. The van der Waals surface area contributed by atoms with Gasteiger partial charge in [-0.1, -0.05) is 0 Å². The van der Waals surface area contributed by atoms with E-state index in [9.17, 15) is 13.6 Å². The van der Waals surface area contributed by atoms with Crippen LogP contribution in [-0.2, 0) is 12.5 Å². The van der Waals surface area contributed by atoms with E-state index in [0.29, 0.717) is 5.01 Å². The number of aromatic nitrogens is 4. The van der Waals surface area contributed by atoms with Gasteiger partial charge in [0.25, 0.3) is 11.8 Å². The molecule has 0 aliphatic rings. The zero-order valence-corrected chi connectivity index (χ0v) is 10.1. The highest BCUT2D eigenvalue weighted by atomic mass is 32.1. The van der Waals surface area contributed by atoms with Crippen LogP contribution >= 0.6 is 11.3 Å². The quantitative estimate of drug-likeness (QED) is 0.900. The second-order valence-corrected chi connectivity index (χ2v) is 4.58. The molecule has 0 bridgehead atoms. The molecule has 6 nitrogen and oxygen atoms in total. The maximum atomic E-state index is 13.0. The van der Waals surface area contributed by atoms with Gasteiger partial charge < -0.3 is 5.73 Å². The third-order valence-electron chi connectivity index (χ3n) is 2.07. The van der Waals surface area contributed by atoms with Gasteiger partial charge in [-0.15, -0.1) is 16.4 Å². The molecule has 2 aromatic rings. The van der Waals surface area contributed by atoms with Crippen LogP contribution in [0.2, 0.25) is 0 Å². The molecule has 0 radical (unpaired) electrons. The standard InChI is InChI=1S/C9H9F2N5OS/c1-9(10,11)6-4-18-7(14-6)3-16-13-2-5(15-16)8(12)17/h2,4H,3H2,1H3,(H2,12,17). The minimum Gasteiger partial charge on any atom is -0.364 e. The number of carbonyl (C=O) groups is 1. The fraction of sp³-hybridized carbons (Fsp3) is 0.333. The Hall–Kier alpha value is -1.90. The van der Waals surface area contributed by atoms with Crippen molar-refractivity contribution in [1.29, 1.82) is 0 Å². The first-order valence-corrected chi connectivity index (χ1v) is 5.77. The van der Waals surface area contributed by atoms with Crippen LogP contribution in [0.3, 0.4) is 0 Å². The molecule has 0 aliphatic carbocycles. The summed E-state index contributed by atoms with van der Waals surface area (Å²) in [5.74, 6) is -3.66. The first-order valence-electron chi connectivity index (χ1n) is 4.89. The van der Waals surface area contributed by atoms with E-state index in [-0.39, 0.29) is 17.9 Å². The molecule has 2 heterocycles. The summed E-state index contributed by atoms with van der Waals surface area (Å²) in [6, 6.07) is 0. The van der Waals surface area contributed by atoms with Crippen LogP contribution in [0, 0.1) is 0 Å². The average molecular weight is 273 g/mol. The maximum absolute atomic E-state index is 13.0. The number of primary amides is 1. The van der Waals surface area contributed by atoms with Gasteiger partial charge in [-0.25, -0.2) is 4.98 Å². The van der Waals surface area contributed by atoms with Crippen LogP contribution in [0.1, 0.15) is 28.1 Å². The predicted molar refractivity (Wildman–Crippen MR) is 59.3 cm³/mol. The Morgan fingerprint density at radius 2 is 2.33 bits per heavy atom. The molecule has 0 aliphatic heterocycles. The Morgan fingerprint density at radius 3 is 2.83 bits per heavy atom. The third kappa shape index (κ3) is 2.67. The van der Waals surface area contributed by atoms with E-state index in [1.54, 1.807) is 0 Å². The summed E-state index contributed by atoms with van der Waals surface area (Å²) in [6.07, 6.45) is 1.21. The lowest BCUT2D eigenvalue weighted by atomic mass is 10.3. The predicted octanol–water partition coefficient (Wildman–Crippen LogP) is 0.993. The molecule has 2 N–H and O–H groups in total. The van der Waals surface area contributed by atoms with E-state index in [0.717, 1.165) is 18.3 Å². The number of carbonyl (C=O) groups excluding carboxylic acids is 1. The molecule has 0 aromatic carbocycles. The van der Waals surface area contributed by atoms with Gasteiger partial charge in [0.15, 0.2) is 5.69 Å². The lowest BCUT2D eigenvalue weighted by Crippen LogP contribution is -2.13. The molecule has 18 heavy (non-hydrogen) atoms. The third-order valence-corrected chi connectivity index (χ3v) is 2.90. The number of alkyl halides is 2. The molecule has 96 valence electrons. The topological polar surface area (TPSA) is 86.7 Å². The lowest BCUT2D eigenvalue weighted by molar-refractivity contribution is 0.0132. The lowest BCUT2D eigenvalue weighted by Gasteiger charge is -2.04. The molecule has 0 saturated carbocycles. The first kappa shape index (κ1) is 12.6. The van der Waals surface area contributed by atoms with Crippen LogP contribution in [0.4, 0.5) is 8.78 Å². The van der Waals surface area contributed by atoms with Crippen molar-refractivity contribution in [3.8, 4) is 0 Å². The molecule has 2 rings (SSSR count). The SMILES string of the molecule is CC(F)(F)c1csc(Cn2ncc(C(N)=O)n2)n1. The number of halogens is 2. The molecule has 1 amide bonds. The van der Waals surface area contributed by atoms with Crippen molar-refractivity contribution in [2.45, 2.75) is 19.4 Å². The van der Waals surface area contributed by atoms with Crippen LogP contribution < -0.4 is 5.73 Å². The van der Waals surface area contributed by atoms with E-state index in [2.05, 4.69) is 15.2 Å². The van der Waals surface area contributed by atoms with E-state index in [4.69, 9.17) is 5.73 Å². The average Bonchev–Trinajstić information content (AvgIpc) is 2.85. The molecule has 0 fully saturated rings. The number of nitrogens with zero attached hydrogens (tertiary/aromatic N) is 4. The molecular formula is C9H9F2N5OS. The van der Waals surface area contributed by atoms with Gasteiger partial charge in [0, 0.05) is 12.3 Å². The van der Waals surface area contributed by atoms with Crippen molar-refractivity contribution >= 4 is 17.2 Å². The van der Waals surface area contributed by atoms with Gasteiger partial charge in [-0.2, -0.15) is 18.7 Å². The second-order valence-electron chi connectivity index (χ2n) is 3.64. The summed E-state index contributed by atoms with van der Waals surface area (Å²) in [6.45, 7) is 0.900. The fourth-order valence-corrected chi connectivity index (χ4v) is 2.04. The van der Waals surface area contributed by atoms with Crippen molar-refractivity contribution in [3.63, 3.8) is 0 Å². The zero-order valence-electron chi connectivity index (χ0n) is 9.30. The van der Waals surface area contributed by atoms with Gasteiger partial charge in [-0.05, 0) is 0 Å². The van der Waals surface area contributed by atoms with E-state index < -0.39 is 11.8 Å². The van der Waals surface area contributed by atoms with E-state index in [1.807, 2.05) is 0 Å². The molecule has 0 atom stereocenters. The van der Waals surface area contributed by atoms with Crippen LogP contribution in [0.5, 0.6) is 0 Å². The number of rotatable bonds is 4. The van der Waals surface area contributed by atoms with Gasteiger partial charge in [0.05, 0.1) is 6.20 Å². The van der Waals surface area contributed by atoms with E-state index >= 15 is 0 Å². The number of hydrogen-bond acceptors (Lipinski definition) is 5. The molecule has 0 unspecified atom stereocenters. The number of nitrogens with two attached hydrogens (primary N) is 1. The summed E-state index contributed by atoms with van der Waals surface area (Å²) in [7, 11) is 0. The number of thiazole rings is 1. The summed E-state index contributed by atoms with van der Waals surface area (Å²) < 4.78 is 25.9. The smallest absolute Gasteiger partial charge is 0.287 e. The largest absolute Gasteiger partial charge is 0.364 e. The van der Waals surface area contributed by atoms with Gasteiger partial charge >= 0.3 is 0 Å². The Morgan fingerprint density at radius 1 is 1.61 bits per heavy atom. The fourth-order valence-electron chi connectivity index (χ4n) is 1.19. The van der Waals surface area contributed by atoms with Crippen molar-refractivity contribution in [3.05, 3.63) is 28.0 Å². The summed E-state index contributed by atoms with van der Waals surface area (Å²) in [5.41, 5.74) is 4.75. The summed E-state index contributed by atoms with van der Waals surface area (Å²) in [5, 5.41) is 9.29. The Bertz CT molecular complexity index is 574.